The summed E-state index contributed by atoms with van der Waals surface area (Å²) >= 11 is 0. The van der Waals surface area contributed by atoms with Crippen LogP contribution >= 0.6 is 0 Å². The largest absolute Gasteiger partial charge is 0.506 e. The Labute approximate surface area is 87.2 Å². The van der Waals surface area contributed by atoms with Gasteiger partial charge in [0.05, 0.1) is 0 Å². The molecule has 0 aliphatic rings. The van der Waals surface area contributed by atoms with Crippen LogP contribution in [0.5, 0.6) is 5.75 Å². The molecule has 5 heteroatoms. The van der Waals surface area contributed by atoms with Crippen LogP contribution in [0.1, 0.15) is 13.0 Å². The van der Waals surface area contributed by atoms with Gasteiger partial charge in [-0.2, -0.15) is 4.39 Å². The lowest BCUT2D eigenvalue weighted by Gasteiger charge is -2.16. The molecule has 1 heterocycles. The van der Waals surface area contributed by atoms with Gasteiger partial charge in [-0.15, -0.1) is 0 Å². The van der Waals surface area contributed by atoms with Crippen molar-refractivity contribution in [3.8, 4) is 5.75 Å². The van der Waals surface area contributed by atoms with E-state index in [0.29, 0.717) is 6.54 Å². The highest BCUT2D eigenvalue weighted by Gasteiger charge is 2.05. The average molecular weight is 211 g/mol. The lowest BCUT2D eigenvalue weighted by molar-refractivity contribution is 0.431. The quantitative estimate of drug-likeness (QED) is 0.657. The molecule has 1 atom stereocenters. The topological polar surface area (TPSA) is 61.0 Å². The zero-order valence-electron chi connectivity index (χ0n) is 8.50. The van der Waals surface area contributed by atoms with Crippen molar-refractivity contribution in [3.05, 3.63) is 36.3 Å². The summed E-state index contributed by atoms with van der Waals surface area (Å²) < 4.78 is 13.9. The Kier molecular flexibility index (Phi) is 3.49. The first-order valence-electron chi connectivity index (χ1n) is 4.54. The summed E-state index contributed by atoms with van der Waals surface area (Å²) in [4.78, 5) is 0. The summed E-state index contributed by atoms with van der Waals surface area (Å²) in [6.45, 7) is 5.21. The molecule has 0 spiro atoms. The number of halogens is 1. The molecule has 3 N–H and O–H groups in total. The van der Waals surface area contributed by atoms with Crippen molar-refractivity contribution < 1.29 is 9.50 Å². The standard InChI is InChI=1S/C10H14FN3O/c1-7(5-13-8(2)11)14-6-9(15)3-4-10(14)12/h3-4,6-7,12-13,15H,2,5H2,1H3/t7-/m0/s1. The maximum Gasteiger partial charge on any atom is 0.179 e. The fourth-order valence-electron chi connectivity index (χ4n) is 1.23. The molecule has 0 saturated heterocycles. The molecule has 1 aromatic rings. The van der Waals surface area contributed by atoms with Crippen LogP contribution in [0.15, 0.2) is 30.9 Å². The lowest BCUT2D eigenvalue weighted by atomic mass is 10.3. The van der Waals surface area contributed by atoms with E-state index in [9.17, 15) is 9.50 Å². The van der Waals surface area contributed by atoms with Crippen LogP contribution in [-0.2, 0) is 0 Å². The number of hydrogen-bond donors (Lipinski definition) is 3. The van der Waals surface area contributed by atoms with Gasteiger partial charge in [0.2, 0.25) is 0 Å². The maximum atomic E-state index is 12.3. The van der Waals surface area contributed by atoms with E-state index in [4.69, 9.17) is 5.41 Å². The third kappa shape index (κ3) is 3.12. The lowest BCUT2D eigenvalue weighted by Crippen LogP contribution is -2.28. The van der Waals surface area contributed by atoms with Crippen molar-refractivity contribution in [1.29, 1.82) is 5.41 Å². The van der Waals surface area contributed by atoms with Gasteiger partial charge in [0.15, 0.2) is 5.95 Å². The Morgan fingerprint density at radius 2 is 2.40 bits per heavy atom. The minimum Gasteiger partial charge on any atom is -0.506 e. The molecule has 0 aliphatic heterocycles. The summed E-state index contributed by atoms with van der Waals surface area (Å²) in [7, 11) is 0. The second kappa shape index (κ2) is 4.63. The molecule has 0 radical (unpaired) electrons. The fraction of sp³-hybridized carbons (Fsp3) is 0.300. The number of nitrogens with one attached hydrogen (secondary N) is 2. The van der Waals surface area contributed by atoms with Crippen LogP contribution in [0.4, 0.5) is 4.39 Å². The maximum absolute atomic E-state index is 12.3. The van der Waals surface area contributed by atoms with E-state index < -0.39 is 5.95 Å². The zero-order chi connectivity index (χ0) is 11.4. The average Bonchev–Trinajstić information content (AvgIpc) is 2.18. The van der Waals surface area contributed by atoms with E-state index in [1.165, 1.54) is 18.3 Å². The van der Waals surface area contributed by atoms with Gasteiger partial charge in [-0.25, -0.2) is 0 Å². The summed E-state index contributed by atoms with van der Waals surface area (Å²) in [6, 6.07) is 2.78. The van der Waals surface area contributed by atoms with Crippen LogP contribution < -0.4 is 10.8 Å². The van der Waals surface area contributed by atoms with E-state index in [1.54, 1.807) is 4.57 Å². The van der Waals surface area contributed by atoms with Crippen molar-refractivity contribution in [2.75, 3.05) is 6.54 Å². The normalized spacial score (nSPS) is 12.1. The number of aromatic nitrogens is 1. The highest BCUT2D eigenvalue weighted by Crippen LogP contribution is 2.08. The zero-order valence-corrected chi connectivity index (χ0v) is 8.50. The van der Waals surface area contributed by atoms with Crippen LogP contribution in [-0.4, -0.2) is 16.2 Å². The van der Waals surface area contributed by atoms with E-state index in [0.717, 1.165) is 0 Å². The molecule has 0 aromatic carbocycles. The van der Waals surface area contributed by atoms with Gasteiger partial charge < -0.3 is 15.0 Å². The Hall–Kier alpha value is -1.78. The number of nitrogens with zero attached hydrogens (tertiary/aromatic N) is 1. The van der Waals surface area contributed by atoms with Gasteiger partial charge in [0.25, 0.3) is 0 Å². The predicted molar refractivity (Wildman–Crippen MR) is 54.9 cm³/mol. The first-order chi connectivity index (χ1) is 7.00. The molecule has 0 fully saturated rings. The minimum absolute atomic E-state index is 0.0805. The van der Waals surface area contributed by atoms with Gasteiger partial charge in [0, 0.05) is 18.8 Å². The molecule has 0 amide bonds. The second-order valence-electron chi connectivity index (χ2n) is 3.31. The first-order valence-corrected chi connectivity index (χ1v) is 4.54. The molecular weight excluding hydrogens is 197 g/mol. The van der Waals surface area contributed by atoms with Gasteiger partial charge in [-0.05, 0) is 25.6 Å². The molecule has 0 aliphatic carbocycles. The minimum atomic E-state index is -0.603. The number of rotatable bonds is 4. The van der Waals surface area contributed by atoms with E-state index >= 15 is 0 Å². The molecule has 1 aromatic heterocycles. The molecule has 82 valence electrons. The Balaban J connectivity index is 2.81. The van der Waals surface area contributed by atoms with Crippen molar-refractivity contribution in [1.82, 2.24) is 9.88 Å². The number of pyridine rings is 1. The van der Waals surface area contributed by atoms with E-state index in [2.05, 4.69) is 11.9 Å². The Morgan fingerprint density at radius 1 is 1.73 bits per heavy atom. The first kappa shape index (κ1) is 11.3. The van der Waals surface area contributed by atoms with Gasteiger partial charge in [-0.3, -0.25) is 5.41 Å². The molecule has 0 bridgehead atoms. The molecule has 15 heavy (non-hydrogen) atoms. The van der Waals surface area contributed by atoms with Crippen LogP contribution in [0.3, 0.4) is 0 Å². The van der Waals surface area contributed by atoms with E-state index in [-0.39, 0.29) is 17.3 Å². The molecular formula is C10H14FN3O. The van der Waals surface area contributed by atoms with Crippen molar-refractivity contribution >= 4 is 0 Å². The van der Waals surface area contributed by atoms with Gasteiger partial charge in [-0.1, -0.05) is 0 Å². The molecule has 0 saturated carbocycles. The van der Waals surface area contributed by atoms with Crippen molar-refractivity contribution in [2.24, 2.45) is 0 Å². The van der Waals surface area contributed by atoms with Crippen molar-refractivity contribution in [2.45, 2.75) is 13.0 Å². The summed E-state index contributed by atoms with van der Waals surface area (Å²) in [6.07, 6.45) is 1.44. The highest BCUT2D eigenvalue weighted by molar-refractivity contribution is 5.14. The van der Waals surface area contributed by atoms with Gasteiger partial charge >= 0.3 is 0 Å². The summed E-state index contributed by atoms with van der Waals surface area (Å²) in [5, 5.41) is 19.3. The predicted octanol–water partition coefficient (Wildman–Crippen LogP) is 1.26. The van der Waals surface area contributed by atoms with Crippen molar-refractivity contribution in [3.63, 3.8) is 0 Å². The number of aromatic hydroxyl groups is 1. The number of hydrogen-bond acceptors (Lipinski definition) is 3. The fourth-order valence-corrected chi connectivity index (χ4v) is 1.23. The van der Waals surface area contributed by atoms with Gasteiger partial charge in [0.1, 0.15) is 11.2 Å². The van der Waals surface area contributed by atoms with Crippen LogP contribution in [0.2, 0.25) is 0 Å². The highest BCUT2D eigenvalue weighted by atomic mass is 19.1. The summed E-state index contributed by atoms with van der Waals surface area (Å²) in [5.41, 5.74) is 0.256. The van der Waals surface area contributed by atoms with Crippen LogP contribution in [0.25, 0.3) is 0 Å². The third-order valence-corrected chi connectivity index (χ3v) is 2.03. The second-order valence-corrected chi connectivity index (χ2v) is 3.31. The van der Waals surface area contributed by atoms with Crippen LogP contribution in [0, 0.1) is 5.41 Å². The molecule has 4 nitrogen and oxygen atoms in total. The molecule has 0 unspecified atom stereocenters. The Bertz CT molecular complexity index is 413. The SMILES string of the molecule is C=C(F)NC[C@H](C)n1cc(O)ccc1=N. The Morgan fingerprint density at radius 3 is 3.00 bits per heavy atom. The smallest absolute Gasteiger partial charge is 0.179 e. The third-order valence-electron chi connectivity index (χ3n) is 2.03. The monoisotopic (exact) mass is 211 g/mol. The molecule has 1 rings (SSSR count). The van der Waals surface area contributed by atoms with E-state index in [1.807, 2.05) is 6.92 Å². The summed E-state index contributed by atoms with van der Waals surface area (Å²) in [5.74, 6) is -0.522.